The fraction of sp³-hybridized carbons (Fsp3) is 0.571. The molecule has 112 valence electrons. The lowest BCUT2D eigenvalue weighted by molar-refractivity contribution is 0.546. The number of hydrogen-bond acceptors (Lipinski definition) is 3. The van der Waals surface area contributed by atoms with Gasteiger partial charge in [0.1, 0.15) is 5.82 Å². The standard InChI is InChI=1S/C14H21FN2O2S/c1-9(2)16-8-11-7-13(6-10(3)14(11)15)20(18,19)17-12-4-5-12/h6-7,9,12,16-17H,4-5,8H2,1-3H3. The summed E-state index contributed by atoms with van der Waals surface area (Å²) in [6, 6.07) is 3.06. The van der Waals surface area contributed by atoms with Crippen LogP contribution in [0.3, 0.4) is 0 Å². The Morgan fingerprint density at radius 3 is 2.55 bits per heavy atom. The van der Waals surface area contributed by atoms with Crippen LogP contribution in [0.5, 0.6) is 0 Å². The largest absolute Gasteiger partial charge is 0.310 e. The van der Waals surface area contributed by atoms with Crippen molar-refractivity contribution in [1.29, 1.82) is 0 Å². The van der Waals surface area contributed by atoms with Gasteiger partial charge < -0.3 is 5.32 Å². The third-order valence-electron chi connectivity index (χ3n) is 3.21. The maximum Gasteiger partial charge on any atom is 0.240 e. The summed E-state index contributed by atoms with van der Waals surface area (Å²) in [5, 5.41) is 3.11. The third-order valence-corrected chi connectivity index (χ3v) is 4.71. The Morgan fingerprint density at radius 2 is 2.00 bits per heavy atom. The van der Waals surface area contributed by atoms with E-state index in [9.17, 15) is 12.8 Å². The number of aryl methyl sites for hydroxylation is 1. The molecule has 20 heavy (non-hydrogen) atoms. The van der Waals surface area contributed by atoms with Crippen LogP contribution in [0.4, 0.5) is 4.39 Å². The second kappa shape index (κ2) is 5.79. The van der Waals surface area contributed by atoms with Crippen molar-refractivity contribution < 1.29 is 12.8 Å². The zero-order valence-corrected chi connectivity index (χ0v) is 12.8. The topological polar surface area (TPSA) is 58.2 Å². The molecule has 0 spiro atoms. The molecule has 1 aromatic rings. The number of sulfonamides is 1. The SMILES string of the molecule is Cc1cc(S(=O)(=O)NC2CC2)cc(CNC(C)C)c1F. The lowest BCUT2D eigenvalue weighted by atomic mass is 10.1. The zero-order chi connectivity index (χ0) is 14.9. The number of rotatable bonds is 6. The monoisotopic (exact) mass is 300 g/mol. The highest BCUT2D eigenvalue weighted by atomic mass is 32.2. The summed E-state index contributed by atoms with van der Waals surface area (Å²) in [5.41, 5.74) is 0.735. The fourth-order valence-electron chi connectivity index (χ4n) is 1.89. The van der Waals surface area contributed by atoms with Crippen molar-refractivity contribution in [2.45, 2.75) is 57.1 Å². The van der Waals surface area contributed by atoms with Gasteiger partial charge in [0.15, 0.2) is 0 Å². The molecular formula is C14H21FN2O2S. The molecule has 2 rings (SSSR count). The van der Waals surface area contributed by atoms with Gasteiger partial charge in [0, 0.05) is 24.2 Å². The Kier molecular flexibility index (Phi) is 4.46. The molecule has 1 aliphatic carbocycles. The van der Waals surface area contributed by atoms with Crippen molar-refractivity contribution in [1.82, 2.24) is 10.0 Å². The van der Waals surface area contributed by atoms with Crippen LogP contribution in [0.15, 0.2) is 17.0 Å². The van der Waals surface area contributed by atoms with Crippen LogP contribution in [0.1, 0.15) is 37.8 Å². The molecular weight excluding hydrogens is 279 g/mol. The molecule has 0 heterocycles. The third kappa shape index (κ3) is 3.77. The summed E-state index contributed by atoms with van der Waals surface area (Å²) < 4.78 is 41.0. The average Bonchev–Trinajstić information content (AvgIpc) is 3.13. The van der Waals surface area contributed by atoms with Crippen LogP contribution in [0, 0.1) is 12.7 Å². The molecule has 1 fully saturated rings. The van der Waals surface area contributed by atoms with Gasteiger partial charge >= 0.3 is 0 Å². The quantitative estimate of drug-likeness (QED) is 0.845. The molecule has 0 aromatic heterocycles. The van der Waals surface area contributed by atoms with E-state index in [4.69, 9.17) is 0 Å². The number of nitrogens with one attached hydrogen (secondary N) is 2. The molecule has 0 atom stereocenters. The lowest BCUT2D eigenvalue weighted by Crippen LogP contribution is -2.27. The van der Waals surface area contributed by atoms with Gasteiger partial charge in [-0.2, -0.15) is 0 Å². The first kappa shape index (κ1) is 15.4. The highest BCUT2D eigenvalue weighted by molar-refractivity contribution is 7.89. The minimum absolute atomic E-state index is 0.0441. The van der Waals surface area contributed by atoms with Crippen molar-refractivity contribution in [2.24, 2.45) is 0 Å². The van der Waals surface area contributed by atoms with Crippen LogP contribution in [0.2, 0.25) is 0 Å². The molecule has 0 aliphatic heterocycles. The van der Waals surface area contributed by atoms with E-state index in [2.05, 4.69) is 10.0 Å². The van der Waals surface area contributed by atoms with Gasteiger partial charge in [0.25, 0.3) is 0 Å². The van der Waals surface area contributed by atoms with E-state index in [1.807, 2.05) is 13.8 Å². The first-order valence-corrected chi connectivity index (χ1v) is 8.32. The summed E-state index contributed by atoms with van der Waals surface area (Å²) in [7, 11) is -3.54. The molecule has 1 aliphatic rings. The minimum atomic E-state index is -3.54. The van der Waals surface area contributed by atoms with E-state index in [0.29, 0.717) is 17.7 Å². The normalized spacial score (nSPS) is 15.8. The van der Waals surface area contributed by atoms with E-state index in [0.717, 1.165) is 12.8 Å². The molecule has 0 bridgehead atoms. The van der Waals surface area contributed by atoms with E-state index >= 15 is 0 Å². The molecule has 0 unspecified atom stereocenters. The highest BCUT2D eigenvalue weighted by Crippen LogP contribution is 2.24. The van der Waals surface area contributed by atoms with E-state index < -0.39 is 10.0 Å². The first-order chi connectivity index (χ1) is 9.29. The van der Waals surface area contributed by atoms with Crippen LogP contribution in [-0.4, -0.2) is 20.5 Å². The van der Waals surface area contributed by atoms with Crippen molar-refractivity contribution in [3.05, 3.63) is 29.1 Å². The minimum Gasteiger partial charge on any atom is -0.310 e. The van der Waals surface area contributed by atoms with Gasteiger partial charge in [-0.1, -0.05) is 13.8 Å². The van der Waals surface area contributed by atoms with Gasteiger partial charge in [-0.15, -0.1) is 0 Å². The van der Waals surface area contributed by atoms with Crippen LogP contribution < -0.4 is 10.0 Å². The van der Waals surface area contributed by atoms with Gasteiger partial charge in [-0.3, -0.25) is 0 Å². The molecule has 4 nitrogen and oxygen atoms in total. The average molecular weight is 300 g/mol. The van der Waals surface area contributed by atoms with E-state index in [1.54, 1.807) is 6.92 Å². The smallest absolute Gasteiger partial charge is 0.240 e. The van der Waals surface area contributed by atoms with Crippen molar-refractivity contribution in [3.63, 3.8) is 0 Å². The molecule has 1 aromatic carbocycles. The van der Waals surface area contributed by atoms with Crippen LogP contribution >= 0.6 is 0 Å². The fourth-order valence-corrected chi connectivity index (χ4v) is 3.33. The predicted molar refractivity (Wildman–Crippen MR) is 76.5 cm³/mol. The molecule has 0 amide bonds. The first-order valence-electron chi connectivity index (χ1n) is 6.84. The van der Waals surface area contributed by atoms with E-state index in [1.165, 1.54) is 12.1 Å². The number of hydrogen-bond donors (Lipinski definition) is 2. The Labute approximate surface area is 119 Å². The highest BCUT2D eigenvalue weighted by Gasteiger charge is 2.28. The Hall–Kier alpha value is -0.980. The maximum absolute atomic E-state index is 14.0. The summed E-state index contributed by atoms with van der Waals surface area (Å²) in [5.74, 6) is -0.344. The van der Waals surface area contributed by atoms with Gasteiger partial charge in [0.2, 0.25) is 10.0 Å². The molecule has 0 saturated heterocycles. The summed E-state index contributed by atoms with van der Waals surface area (Å²) in [4.78, 5) is 0.142. The van der Waals surface area contributed by atoms with Gasteiger partial charge in [-0.25, -0.2) is 17.5 Å². The van der Waals surface area contributed by atoms with E-state index in [-0.39, 0.29) is 22.8 Å². The zero-order valence-electron chi connectivity index (χ0n) is 12.0. The Bertz CT molecular complexity index is 595. The second-order valence-corrected chi connectivity index (χ2v) is 7.36. The molecule has 6 heteroatoms. The second-order valence-electron chi connectivity index (χ2n) is 5.64. The molecule has 2 N–H and O–H groups in total. The summed E-state index contributed by atoms with van der Waals surface area (Å²) in [6.07, 6.45) is 1.75. The predicted octanol–water partition coefficient (Wildman–Crippen LogP) is 2.07. The summed E-state index contributed by atoms with van der Waals surface area (Å²) in [6.45, 7) is 5.82. The lowest BCUT2D eigenvalue weighted by Gasteiger charge is -2.13. The Balaban J connectivity index is 2.29. The maximum atomic E-state index is 14.0. The van der Waals surface area contributed by atoms with Crippen LogP contribution in [-0.2, 0) is 16.6 Å². The Morgan fingerprint density at radius 1 is 1.35 bits per heavy atom. The number of halogens is 1. The van der Waals surface area contributed by atoms with Crippen molar-refractivity contribution >= 4 is 10.0 Å². The summed E-state index contributed by atoms with van der Waals surface area (Å²) >= 11 is 0. The number of benzene rings is 1. The molecule has 0 radical (unpaired) electrons. The van der Waals surface area contributed by atoms with Crippen molar-refractivity contribution in [3.8, 4) is 0 Å². The van der Waals surface area contributed by atoms with Crippen LogP contribution in [0.25, 0.3) is 0 Å². The van der Waals surface area contributed by atoms with Gasteiger partial charge in [0.05, 0.1) is 4.90 Å². The molecule has 1 saturated carbocycles. The van der Waals surface area contributed by atoms with Crippen molar-refractivity contribution in [2.75, 3.05) is 0 Å². The van der Waals surface area contributed by atoms with Gasteiger partial charge in [-0.05, 0) is 37.5 Å².